The number of methoxy groups -OCH3 is 1. The Hall–Kier alpha value is -2.75. The third-order valence-corrected chi connectivity index (χ3v) is 3.60. The molecular formula is C20H22O4. The van der Waals surface area contributed by atoms with Gasteiger partial charge in [-0.15, -0.1) is 0 Å². The molecule has 0 unspecified atom stereocenters. The first kappa shape index (κ1) is 17.6. The van der Waals surface area contributed by atoms with E-state index in [0.717, 1.165) is 16.7 Å². The molecule has 0 aromatic heterocycles. The number of aryl methyl sites for hydroxylation is 2. The van der Waals surface area contributed by atoms with Gasteiger partial charge in [-0.05, 0) is 67.8 Å². The Kier molecular flexibility index (Phi) is 6.01. The summed E-state index contributed by atoms with van der Waals surface area (Å²) >= 11 is 0. The Balaban J connectivity index is 2.06. The highest BCUT2D eigenvalue weighted by molar-refractivity contribution is 5.88. The molecule has 0 aliphatic rings. The topological polar surface area (TPSA) is 44.8 Å². The second-order valence-corrected chi connectivity index (χ2v) is 5.34. The van der Waals surface area contributed by atoms with E-state index in [-0.39, 0.29) is 0 Å². The molecule has 2 aromatic rings. The summed E-state index contributed by atoms with van der Waals surface area (Å²) in [6, 6.07) is 11.0. The molecule has 0 aliphatic heterocycles. The average molecular weight is 326 g/mol. The van der Waals surface area contributed by atoms with Gasteiger partial charge in [-0.2, -0.15) is 0 Å². The second-order valence-electron chi connectivity index (χ2n) is 5.34. The van der Waals surface area contributed by atoms with Crippen molar-refractivity contribution in [3.8, 4) is 17.2 Å². The van der Waals surface area contributed by atoms with Gasteiger partial charge in [0.2, 0.25) is 0 Å². The maximum Gasteiger partial charge on any atom is 0.336 e. The smallest absolute Gasteiger partial charge is 0.336 e. The summed E-state index contributed by atoms with van der Waals surface area (Å²) in [5, 5.41) is 0. The molecule has 0 saturated heterocycles. The van der Waals surface area contributed by atoms with Crippen molar-refractivity contribution in [1.29, 1.82) is 0 Å². The summed E-state index contributed by atoms with van der Waals surface area (Å²) in [4.78, 5) is 11.9. The monoisotopic (exact) mass is 326 g/mol. The van der Waals surface area contributed by atoms with Crippen molar-refractivity contribution in [1.82, 2.24) is 0 Å². The number of hydrogen-bond acceptors (Lipinski definition) is 4. The van der Waals surface area contributed by atoms with Gasteiger partial charge in [0.15, 0.2) is 11.5 Å². The van der Waals surface area contributed by atoms with Gasteiger partial charge in [-0.25, -0.2) is 4.79 Å². The number of esters is 1. The van der Waals surface area contributed by atoms with Crippen LogP contribution in [0.3, 0.4) is 0 Å². The normalized spacial score (nSPS) is 10.7. The quantitative estimate of drug-likeness (QED) is 0.450. The zero-order valence-electron chi connectivity index (χ0n) is 14.5. The van der Waals surface area contributed by atoms with E-state index in [1.165, 1.54) is 6.08 Å². The molecule has 4 heteroatoms. The highest BCUT2D eigenvalue weighted by atomic mass is 16.5. The van der Waals surface area contributed by atoms with E-state index >= 15 is 0 Å². The molecule has 0 bridgehead atoms. The zero-order valence-corrected chi connectivity index (χ0v) is 14.5. The van der Waals surface area contributed by atoms with Crippen LogP contribution in [0.2, 0.25) is 0 Å². The summed E-state index contributed by atoms with van der Waals surface area (Å²) in [6.07, 6.45) is 3.08. The molecule has 0 spiro atoms. The molecule has 2 rings (SSSR count). The Morgan fingerprint density at radius 3 is 2.50 bits per heavy atom. The van der Waals surface area contributed by atoms with E-state index in [1.807, 2.05) is 51.1 Å². The average Bonchev–Trinajstić information content (AvgIpc) is 2.57. The van der Waals surface area contributed by atoms with Crippen molar-refractivity contribution < 1.29 is 19.0 Å². The van der Waals surface area contributed by atoms with Gasteiger partial charge in [0.05, 0.1) is 13.7 Å². The molecule has 0 aliphatic carbocycles. The van der Waals surface area contributed by atoms with Crippen molar-refractivity contribution in [2.24, 2.45) is 0 Å². The van der Waals surface area contributed by atoms with Crippen LogP contribution >= 0.6 is 0 Å². The fraction of sp³-hybridized carbons (Fsp3) is 0.250. The number of hydrogen-bond donors (Lipinski definition) is 0. The van der Waals surface area contributed by atoms with Crippen molar-refractivity contribution in [2.75, 3.05) is 13.7 Å². The first-order chi connectivity index (χ1) is 11.5. The summed E-state index contributed by atoms with van der Waals surface area (Å²) in [6.45, 7) is 6.47. The van der Waals surface area contributed by atoms with E-state index in [1.54, 1.807) is 19.3 Å². The van der Waals surface area contributed by atoms with E-state index in [0.29, 0.717) is 23.9 Å². The molecule has 0 amide bonds. The van der Waals surface area contributed by atoms with Gasteiger partial charge in [0.25, 0.3) is 0 Å². The first-order valence-corrected chi connectivity index (χ1v) is 7.81. The molecule has 0 heterocycles. The first-order valence-electron chi connectivity index (χ1n) is 7.81. The summed E-state index contributed by atoms with van der Waals surface area (Å²) in [5.41, 5.74) is 3.07. The van der Waals surface area contributed by atoms with Crippen LogP contribution in [-0.2, 0) is 4.79 Å². The van der Waals surface area contributed by atoms with Crippen LogP contribution in [0.25, 0.3) is 6.08 Å². The highest BCUT2D eigenvalue weighted by Crippen LogP contribution is 2.28. The Morgan fingerprint density at radius 2 is 1.83 bits per heavy atom. The van der Waals surface area contributed by atoms with Gasteiger partial charge < -0.3 is 14.2 Å². The largest absolute Gasteiger partial charge is 0.493 e. The molecule has 0 atom stereocenters. The summed E-state index contributed by atoms with van der Waals surface area (Å²) in [7, 11) is 1.58. The Labute approximate surface area is 142 Å². The molecule has 126 valence electrons. The van der Waals surface area contributed by atoms with Gasteiger partial charge in [-0.1, -0.05) is 12.1 Å². The minimum absolute atomic E-state index is 0.425. The van der Waals surface area contributed by atoms with Crippen molar-refractivity contribution in [3.05, 3.63) is 59.2 Å². The summed E-state index contributed by atoms with van der Waals surface area (Å²) < 4.78 is 16.1. The van der Waals surface area contributed by atoms with Gasteiger partial charge in [-0.3, -0.25) is 0 Å². The van der Waals surface area contributed by atoms with Crippen molar-refractivity contribution in [3.63, 3.8) is 0 Å². The maximum absolute atomic E-state index is 11.9. The van der Waals surface area contributed by atoms with Crippen molar-refractivity contribution >= 4 is 12.0 Å². The molecule has 0 fully saturated rings. The van der Waals surface area contributed by atoms with Gasteiger partial charge in [0.1, 0.15) is 5.75 Å². The fourth-order valence-corrected chi connectivity index (χ4v) is 2.15. The lowest BCUT2D eigenvalue weighted by atomic mass is 10.1. The number of benzene rings is 2. The lowest BCUT2D eigenvalue weighted by molar-refractivity contribution is -0.128. The minimum atomic E-state index is -0.425. The third-order valence-electron chi connectivity index (χ3n) is 3.60. The lowest BCUT2D eigenvalue weighted by Gasteiger charge is -2.09. The second kappa shape index (κ2) is 8.20. The van der Waals surface area contributed by atoms with Gasteiger partial charge in [0, 0.05) is 6.08 Å². The van der Waals surface area contributed by atoms with Crippen LogP contribution in [0.5, 0.6) is 17.2 Å². The molecule has 24 heavy (non-hydrogen) atoms. The summed E-state index contributed by atoms with van der Waals surface area (Å²) in [5.74, 6) is 1.42. The Bertz CT molecular complexity index is 747. The third kappa shape index (κ3) is 4.62. The number of carbonyl (C=O) groups is 1. The zero-order chi connectivity index (χ0) is 17.5. The molecule has 4 nitrogen and oxygen atoms in total. The van der Waals surface area contributed by atoms with Crippen LogP contribution in [0.15, 0.2) is 42.5 Å². The minimum Gasteiger partial charge on any atom is -0.493 e. The SMILES string of the molecule is CCOc1ccc(/C=C/C(=O)Oc2ccc(C)c(C)c2)cc1OC. The van der Waals surface area contributed by atoms with E-state index < -0.39 is 5.97 Å². The molecule has 0 saturated carbocycles. The van der Waals surface area contributed by atoms with E-state index in [4.69, 9.17) is 14.2 Å². The molecule has 2 aromatic carbocycles. The number of rotatable bonds is 6. The fourth-order valence-electron chi connectivity index (χ4n) is 2.15. The molecule has 0 radical (unpaired) electrons. The molecule has 0 N–H and O–H groups in total. The molecular weight excluding hydrogens is 304 g/mol. The van der Waals surface area contributed by atoms with E-state index in [2.05, 4.69) is 0 Å². The van der Waals surface area contributed by atoms with Crippen LogP contribution < -0.4 is 14.2 Å². The maximum atomic E-state index is 11.9. The van der Waals surface area contributed by atoms with Crippen LogP contribution in [0.1, 0.15) is 23.6 Å². The van der Waals surface area contributed by atoms with Crippen molar-refractivity contribution in [2.45, 2.75) is 20.8 Å². The number of carbonyl (C=O) groups excluding carboxylic acids is 1. The van der Waals surface area contributed by atoms with Crippen LogP contribution in [0.4, 0.5) is 0 Å². The van der Waals surface area contributed by atoms with Gasteiger partial charge >= 0.3 is 5.97 Å². The predicted molar refractivity (Wildman–Crippen MR) is 94.7 cm³/mol. The van der Waals surface area contributed by atoms with Crippen LogP contribution in [-0.4, -0.2) is 19.7 Å². The van der Waals surface area contributed by atoms with Crippen LogP contribution in [0, 0.1) is 13.8 Å². The van der Waals surface area contributed by atoms with E-state index in [9.17, 15) is 4.79 Å². The number of ether oxygens (including phenoxy) is 3. The Morgan fingerprint density at radius 1 is 1.04 bits per heavy atom. The standard InChI is InChI=1S/C20H22O4/c1-5-23-18-10-7-16(13-19(18)22-4)8-11-20(21)24-17-9-6-14(2)15(3)12-17/h6-13H,5H2,1-4H3/b11-8+. The lowest BCUT2D eigenvalue weighted by Crippen LogP contribution is -2.04. The predicted octanol–water partition coefficient (Wildman–Crippen LogP) is 4.33. The highest BCUT2D eigenvalue weighted by Gasteiger charge is 2.05.